The number of carbonyl (C=O) groups excluding carboxylic acids is 2. The van der Waals surface area contributed by atoms with Gasteiger partial charge in [0.2, 0.25) is 5.76 Å². The monoisotopic (exact) mass is 374 g/mol. The molecule has 1 aliphatic rings. The first-order valence-corrected chi connectivity index (χ1v) is 8.81. The highest BCUT2D eigenvalue weighted by molar-refractivity contribution is 6.30. The van der Waals surface area contributed by atoms with E-state index in [1.54, 1.807) is 38.1 Å². The third-order valence-electron chi connectivity index (χ3n) is 4.19. The number of furan rings is 1. The van der Waals surface area contributed by atoms with E-state index in [2.05, 4.69) is 10.5 Å². The maximum atomic E-state index is 12.2. The van der Waals surface area contributed by atoms with Crippen LogP contribution in [-0.4, -0.2) is 24.2 Å². The van der Waals surface area contributed by atoms with Crippen molar-refractivity contribution in [1.82, 2.24) is 5.43 Å². The SMILES string of the molecule is CCOC(=O)c1oc2c(c1C)/C(=N/NC(=O)c1ccc(Cl)cc1)CCC2. The fourth-order valence-electron chi connectivity index (χ4n) is 2.96. The van der Waals surface area contributed by atoms with Crippen LogP contribution in [0.2, 0.25) is 5.02 Å². The predicted octanol–water partition coefficient (Wildman–Crippen LogP) is 3.89. The Labute approximate surface area is 156 Å². The molecule has 2 aromatic rings. The van der Waals surface area contributed by atoms with Gasteiger partial charge in [0, 0.05) is 28.1 Å². The Morgan fingerprint density at radius 3 is 2.69 bits per heavy atom. The van der Waals surface area contributed by atoms with Crippen LogP contribution in [0.1, 0.15) is 57.6 Å². The fraction of sp³-hybridized carbons (Fsp3) is 0.316. The highest BCUT2D eigenvalue weighted by atomic mass is 35.5. The third-order valence-corrected chi connectivity index (χ3v) is 4.44. The zero-order chi connectivity index (χ0) is 18.7. The second-order valence-electron chi connectivity index (χ2n) is 5.93. The predicted molar refractivity (Wildman–Crippen MR) is 97.8 cm³/mol. The fourth-order valence-corrected chi connectivity index (χ4v) is 3.08. The molecule has 3 rings (SSSR count). The van der Waals surface area contributed by atoms with Crippen LogP contribution < -0.4 is 5.43 Å². The molecule has 0 saturated heterocycles. The Kier molecular flexibility index (Phi) is 5.42. The van der Waals surface area contributed by atoms with Crippen LogP contribution in [0, 0.1) is 6.92 Å². The van der Waals surface area contributed by atoms with Crippen LogP contribution in [0.4, 0.5) is 0 Å². The Morgan fingerprint density at radius 1 is 1.27 bits per heavy atom. The maximum Gasteiger partial charge on any atom is 0.374 e. The summed E-state index contributed by atoms with van der Waals surface area (Å²) in [7, 11) is 0. The van der Waals surface area contributed by atoms with Crippen LogP contribution in [-0.2, 0) is 11.2 Å². The van der Waals surface area contributed by atoms with E-state index in [0.29, 0.717) is 34.0 Å². The van der Waals surface area contributed by atoms with Gasteiger partial charge >= 0.3 is 5.97 Å². The van der Waals surface area contributed by atoms with Gasteiger partial charge < -0.3 is 9.15 Å². The normalized spacial score (nSPS) is 14.8. The summed E-state index contributed by atoms with van der Waals surface area (Å²) in [4.78, 5) is 24.3. The van der Waals surface area contributed by atoms with E-state index in [4.69, 9.17) is 20.8 Å². The molecule has 0 atom stereocenters. The van der Waals surface area contributed by atoms with Crippen molar-refractivity contribution in [3.8, 4) is 0 Å². The first-order chi connectivity index (χ1) is 12.5. The molecule has 0 saturated carbocycles. The van der Waals surface area contributed by atoms with E-state index in [0.717, 1.165) is 18.4 Å². The summed E-state index contributed by atoms with van der Waals surface area (Å²) in [6.45, 7) is 3.83. The number of hydrogen-bond donors (Lipinski definition) is 1. The average molecular weight is 375 g/mol. The van der Waals surface area contributed by atoms with Crippen LogP contribution in [0.3, 0.4) is 0 Å². The highest BCUT2D eigenvalue weighted by Gasteiger charge is 2.28. The van der Waals surface area contributed by atoms with Gasteiger partial charge in [-0.1, -0.05) is 11.6 Å². The van der Waals surface area contributed by atoms with Crippen LogP contribution in [0.15, 0.2) is 33.8 Å². The van der Waals surface area contributed by atoms with Gasteiger partial charge in [-0.2, -0.15) is 5.10 Å². The molecule has 1 aromatic carbocycles. The van der Waals surface area contributed by atoms with Crippen LogP contribution in [0.25, 0.3) is 0 Å². The van der Waals surface area contributed by atoms with Crippen molar-refractivity contribution in [3.05, 3.63) is 57.5 Å². The molecule has 26 heavy (non-hydrogen) atoms. The summed E-state index contributed by atoms with van der Waals surface area (Å²) >= 11 is 5.83. The van der Waals surface area contributed by atoms with Crippen molar-refractivity contribution in [2.45, 2.75) is 33.1 Å². The first-order valence-electron chi connectivity index (χ1n) is 8.43. The minimum absolute atomic E-state index is 0.204. The molecular formula is C19H19ClN2O4. The Balaban J connectivity index is 1.84. The molecule has 0 unspecified atom stereocenters. The Morgan fingerprint density at radius 2 is 2.00 bits per heavy atom. The van der Waals surface area contributed by atoms with Crippen LogP contribution >= 0.6 is 11.6 Å². The van der Waals surface area contributed by atoms with Crippen LogP contribution in [0.5, 0.6) is 0 Å². The number of esters is 1. The summed E-state index contributed by atoms with van der Waals surface area (Å²) in [5.41, 5.74) is 5.21. The molecule has 6 nitrogen and oxygen atoms in total. The second-order valence-corrected chi connectivity index (χ2v) is 6.37. The minimum atomic E-state index is -0.482. The minimum Gasteiger partial charge on any atom is -0.460 e. The number of rotatable bonds is 4. The van der Waals surface area contributed by atoms with Gasteiger partial charge in [0.25, 0.3) is 5.91 Å². The number of amides is 1. The standard InChI is InChI=1S/C19H19ClN2O4/c1-3-25-19(24)17-11(2)16-14(5-4-6-15(16)26-17)21-22-18(23)12-7-9-13(20)10-8-12/h7-10H,3-6H2,1-2H3,(H,22,23)/b21-14+. The molecule has 1 N–H and O–H groups in total. The molecule has 1 aromatic heterocycles. The molecule has 0 bridgehead atoms. The number of nitrogens with one attached hydrogen (secondary N) is 1. The number of nitrogens with zero attached hydrogens (tertiary/aromatic N) is 1. The lowest BCUT2D eigenvalue weighted by atomic mass is 9.93. The van der Waals surface area contributed by atoms with E-state index in [1.165, 1.54) is 0 Å². The maximum absolute atomic E-state index is 12.2. The molecule has 1 amide bonds. The number of halogens is 1. The summed E-state index contributed by atoms with van der Waals surface area (Å²) in [5.74, 6) is 0.101. The van der Waals surface area contributed by atoms with Gasteiger partial charge in [-0.25, -0.2) is 10.2 Å². The molecule has 1 heterocycles. The zero-order valence-electron chi connectivity index (χ0n) is 14.6. The van der Waals surface area contributed by atoms with Gasteiger partial charge in [0.15, 0.2) is 0 Å². The summed E-state index contributed by atoms with van der Waals surface area (Å²) < 4.78 is 10.7. The van der Waals surface area contributed by atoms with E-state index in [9.17, 15) is 9.59 Å². The number of hydrazone groups is 1. The molecule has 136 valence electrons. The Hall–Kier alpha value is -2.60. The quantitative estimate of drug-likeness (QED) is 0.650. The second kappa shape index (κ2) is 7.74. The highest BCUT2D eigenvalue weighted by Crippen LogP contribution is 2.30. The topological polar surface area (TPSA) is 80.9 Å². The van der Waals surface area contributed by atoms with Gasteiger partial charge in [0.05, 0.1) is 12.3 Å². The molecular weight excluding hydrogens is 356 g/mol. The molecule has 1 aliphatic carbocycles. The van der Waals surface area contributed by atoms with Crippen molar-refractivity contribution in [2.24, 2.45) is 5.10 Å². The largest absolute Gasteiger partial charge is 0.460 e. The third kappa shape index (κ3) is 3.65. The number of ether oxygens (including phenoxy) is 1. The number of hydrogen-bond acceptors (Lipinski definition) is 5. The average Bonchev–Trinajstić information content (AvgIpc) is 2.98. The Bertz CT molecular complexity index is 868. The van der Waals surface area contributed by atoms with Crippen molar-refractivity contribution >= 4 is 29.2 Å². The van der Waals surface area contributed by atoms with Gasteiger partial charge in [-0.3, -0.25) is 4.79 Å². The van der Waals surface area contributed by atoms with E-state index in [-0.39, 0.29) is 18.3 Å². The van der Waals surface area contributed by atoms with E-state index >= 15 is 0 Å². The lowest BCUT2D eigenvalue weighted by Crippen LogP contribution is -2.22. The molecule has 0 spiro atoms. The van der Waals surface area contributed by atoms with Crippen molar-refractivity contribution in [3.63, 3.8) is 0 Å². The summed E-state index contributed by atoms with van der Waals surface area (Å²) in [6, 6.07) is 6.56. The van der Waals surface area contributed by atoms with E-state index < -0.39 is 5.97 Å². The van der Waals surface area contributed by atoms with Crippen molar-refractivity contribution in [2.75, 3.05) is 6.61 Å². The molecule has 0 aliphatic heterocycles. The lowest BCUT2D eigenvalue weighted by molar-refractivity contribution is 0.0486. The zero-order valence-corrected chi connectivity index (χ0v) is 15.4. The number of benzene rings is 1. The van der Waals surface area contributed by atoms with Gasteiger partial charge in [0.1, 0.15) is 5.76 Å². The molecule has 0 fully saturated rings. The number of carbonyl (C=O) groups is 2. The van der Waals surface area contributed by atoms with E-state index in [1.807, 2.05) is 0 Å². The van der Waals surface area contributed by atoms with Gasteiger partial charge in [-0.15, -0.1) is 0 Å². The first kappa shape index (κ1) is 18.2. The summed E-state index contributed by atoms with van der Waals surface area (Å²) in [5, 5.41) is 4.84. The van der Waals surface area contributed by atoms with Gasteiger partial charge in [-0.05, 0) is 51.0 Å². The lowest BCUT2D eigenvalue weighted by Gasteiger charge is -2.13. The molecule has 7 heteroatoms. The molecule has 0 radical (unpaired) electrons. The van der Waals surface area contributed by atoms with Crippen molar-refractivity contribution in [1.29, 1.82) is 0 Å². The summed E-state index contributed by atoms with van der Waals surface area (Å²) in [6.07, 6.45) is 2.24. The number of aryl methyl sites for hydroxylation is 1. The van der Waals surface area contributed by atoms with Crippen molar-refractivity contribution < 1.29 is 18.7 Å². The number of fused-ring (bicyclic) bond motifs is 1. The smallest absolute Gasteiger partial charge is 0.374 e.